The lowest BCUT2D eigenvalue weighted by Gasteiger charge is -2.31. The Hall–Kier alpha value is -3.60. The topological polar surface area (TPSA) is 43.9 Å². The van der Waals surface area contributed by atoms with Crippen LogP contribution in [0.15, 0.2) is 78.9 Å². The molecule has 0 N–H and O–H groups in total. The molecule has 146 valence electrons. The van der Waals surface area contributed by atoms with Crippen molar-refractivity contribution < 1.29 is 9.59 Å². The average Bonchev–Trinajstić information content (AvgIpc) is 3.00. The largest absolute Gasteiger partial charge is 0.346 e. The van der Waals surface area contributed by atoms with E-state index in [4.69, 9.17) is 0 Å². The van der Waals surface area contributed by atoms with Crippen molar-refractivity contribution in [2.75, 3.05) is 21.7 Å². The van der Waals surface area contributed by atoms with Crippen LogP contribution in [0.2, 0.25) is 0 Å². The van der Waals surface area contributed by atoms with Gasteiger partial charge >= 0.3 is 6.03 Å². The monoisotopic (exact) mass is 385 g/mol. The Bertz CT molecular complexity index is 1030. The Morgan fingerprint density at radius 1 is 0.724 bits per heavy atom. The van der Waals surface area contributed by atoms with Crippen molar-refractivity contribution in [1.29, 1.82) is 0 Å². The highest BCUT2D eigenvalue weighted by Gasteiger charge is 2.49. The van der Waals surface area contributed by atoms with Gasteiger partial charge in [-0.05, 0) is 50.2 Å². The molecule has 0 radical (unpaired) electrons. The van der Waals surface area contributed by atoms with Crippen molar-refractivity contribution in [3.8, 4) is 0 Å². The van der Waals surface area contributed by atoms with Crippen LogP contribution in [-0.4, -0.2) is 25.2 Å². The molecule has 0 spiro atoms. The zero-order valence-electron chi connectivity index (χ0n) is 16.7. The average molecular weight is 385 g/mol. The lowest BCUT2D eigenvalue weighted by molar-refractivity contribution is -0.117. The Labute approximate surface area is 170 Å². The van der Waals surface area contributed by atoms with Crippen LogP contribution in [0.5, 0.6) is 0 Å². The van der Waals surface area contributed by atoms with Crippen LogP contribution in [0.25, 0.3) is 0 Å². The second-order valence-electron chi connectivity index (χ2n) is 7.32. The molecule has 4 rings (SSSR count). The SMILES string of the molecule is Cc1ccc(N2C(=O)C(N(C)c3ccccc3)N(c3ccc(C)cc3)C2=O)cc1. The summed E-state index contributed by atoms with van der Waals surface area (Å²) in [6, 6.07) is 24.3. The van der Waals surface area contributed by atoms with Gasteiger partial charge < -0.3 is 4.90 Å². The van der Waals surface area contributed by atoms with E-state index >= 15 is 0 Å². The van der Waals surface area contributed by atoms with Gasteiger partial charge in [0, 0.05) is 18.4 Å². The third-order valence-corrected chi connectivity index (χ3v) is 5.22. The number of carbonyl (C=O) groups excluding carboxylic acids is 2. The number of rotatable bonds is 4. The number of benzene rings is 3. The fourth-order valence-electron chi connectivity index (χ4n) is 3.56. The molecule has 1 saturated heterocycles. The number of hydrogen-bond donors (Lipinski definition) is 0. The number of amides is 3. The van der Waals surface area contributed by atoms with Crippen molar-refractivity contribution in [2.45, 2.75) is 20.0 Å². The molecular formula is C24H23N3O2. The predicted octanol–water partition coefficient (Wildman–Crippen LogP) is 4.74. The van der Waals surface area contributed by atoms with Gasteiger partial charge in [-0.25, -0.2) is 9.69 Å². The minimum Gasteiger partial charge on any atom is -0.346 e. The van der Waals surface area contributed by atoms with Crippen molar-refractivity contribution >= 4 is 29.0 Å². The number of imide groups is 1. The number of nitrogens with zero attached hydrogens (tertiary/aromatic N) is 3. The van der Waals surface area contributed by atoms with Gasteiger partial charge in [0.1, 0.15) is 0 Å². The van der Waals surface area contributed by atoms with Crippen LogP contribution >= 0.6 is 0 Å². The van der Waals surface area contributed by atoms with Crippen molar-refractivity contribution in [2.24, 2.45) is 0 Å². The quantitative estimate of drug-likeness (QED) is 0.610. The van der Waals surface area contributed by atoms with E-state index in [-0.39, 0.29) is 11.9 Å². The van der Waals surface area contributed by atoms with Gasteiger partial charge in [0.05, 0.1) is 5.69 Å². The third-order valence-electron chi connectivity index (χ3n) is 5.22. The van der Waals surface area contributed by atoms with Crippen LogP contribution in [0, 0.1) is 13.8 Å². The molecule has 1 atom stereocenters. The van der Waals surface area contributed by atoms with Gasteiger partial charge in [-0.3, -0.25) is 9.69 Å². The van der Waals surface area contributed by atoms with Gasteiger partial charge in [0.25, 0.3) is 5.91 Å². The lowest BCUT2D eigenvalue weighted by atomic mass is 10.2. The summed E-state index contributed by atoms with van der Waals surface area (Å²) in [7, 11) is 1.84. The highest BCUT2D eigenvalue weighted by atomic mass is 16.2. The molecule has 1 unspecified atom stereocenters. The predicted molar refractivity (Wildman–Crippen MR) is 116 cm³/mol. The van der Waals surface area contributed by atoms with E-state index in [0.717, 1.165) is 16.8 Å². The molecule has 1 heterocycles. The molecule has 3 aromatic rings. The molecule has 0 aliphatic carbocycles. The minimum atomic E-state index is -0.770. The Kier molecular flexibility index (Phi) is 4.80. The highest BCUT2D eigenvalue weighted by Crippen LogP contribution is 2.33. The fourth-order valence-corrected chi connectivity index (χ4v) is 3.56. The molecule has 3 aromatic carbocycles. The summed E-state index contributed by atoms with van der Waals surface area (Å²) in [5.41, 5.74) is 4.29. The van der Waals surface area contributed by atoms with Gasteiger partial charge in [-0.1, -0.05) is 53.6 Å². The van der Waals surface area contributed by atoms with Crippen molar-refractivity contribution in [3.05, 3.63) is 90.0 Å². The second-order valence-corrected chi connectivity index (χ2v) is 7.32. The first-order valence-electron chi connectivity index (χ1n) is 9.56. The third kappa shape index (κ3) is 3.36. The lowest BCUT2D eigenvalue weighted by Crippen LogP contribution is -2.47. The van der Waals surface area contributed by atoms with Crippen molar-refractivity contribution in [1.82, 2.24) is 0 Å². The number of para-hydroxylation sites is 1. The van der Waals surface area contributed by atoms with Gasteiger partial charge in [-0.2, -0.15) is 0 Å². The van der Waals surface area contributed by atoms with Crippen LogP contribution in [0.3, 0.4) is 0 Å². The number of likely N-dealkylation sites (N-methyl/N-ethyl adjacent to an activating group) is 1. The Morgan fingerprint density at radius 3 is 1.79 bits per heavy atom. The van der Waals surface area contributed by atoms with E-state index in [1.54, 1.807) is 4.90 Å². The first-order valence-corrected chi connectivity index (χ1v) is 9.56. The molecule has 0 aromatic heterocycles. The molecule has 29 heavy (non-hydrogen) atoms. The van der Waals surface area contributed by atoms with Crippen LogP contribution < -0.4 is 14.7 Å². The summed E-state index contributed by atoms with van der Waals surface area (Å²) < 4.78 is 0. The molecule has 1 fully saturated rings. The summed E-state index contributed by atoms with van der Waals surface area (Å²) in [6.45, 7) is 3.97. The summed E-state index contributed by atoms with van der Waals surface area (Å²) in [5, 5.41) is 0. The van der Waals surface area contributed by atoms with E-state index in [2.05, 4.69) is 0 Å². The first kappa shape index (κ1) is 18.7. The molecule has 5 heteroatoms. The first-order chi connectivity index (χ1) is 14.0. The summed E-state index contributed by atoms with van der Waals surface area (Å²) in [6.07, 6.45) is -0.770. The van der Waals surface area contributed by atoms with E-state index in [9.17, 15) is 9.59 Å². The highest BCUT2D eigenvalue weighted by molar-refractivity contribution is 6.29. The smallest absolute Gasteiger partial charge is 0.338 e. The fraction of sp³-hybridized carbons (Fsp3) is 0.167. The number of carbonyl (C=O) groups is 2. The van der Waals surface area contributed by atoms with Gasteiger partial charge in [0.2, 0.25) is 0 Å². The van der Waals surface area contributed by atoms with E-state index < -0.39 is 6.17 Å². The molecule has 3 amide bonds. The maximum absolute atomic E-state index is 13.5. The standard InChI is InChI=1S/C24H23N3O2/c1-17-9-13-20(14-10-17)26-22(25(3)19-7-5-4-6-8-19)23(28)27(24(26)29)21-15-11-18(2)12-16-21/h4-16,22H,1-3H3. The van der Waals surface area contributed by atoms with Gasteiger partial charge in [0.15, 0.2) is 6.17 Å². The Morgan fingerprint density at radius 2 is 1.24 bits per heavy atom. The van der Waals surface area contributed by atoms with Crippen LogP contribution in [0.4, 0.5) is 21.9 Å². The van der Waals surface area contributed by atoms with Gasteiger partial charge in [-0.15, -0.1) is 0 Å². The van der Waals surface area contributed by atoms with E-state index in [1.165, 1.54) is 4.90 Å². The maximum atomic E-state index is 13.5. The summed E-state index contributed by atoms with van der Waals surface area (Å²) >= 11 is 0. The molecule has 5 nitrogen and oxygen atoms in total. The number of hydrogen-bond acceptors (Lipinski definition) is 3. The molecule has 0 saturated carbocycles. The summed E-state index contributed by atoms with van der Waals surface area (Å²) in [4.78, 5) is 31.6. The minimum absolute atomic E-state index is 0.272. The van der Waals surface area contributed by atoms with Crippen LogP contribution in [-0.2, 0) is 4.79 Å². The zero-order valence-corrected chi connectivity index (χ0v) is 16.7. The number of urea groups is 1. The summed E-state index contributed by atoms with van der Waals surface area (Å²) in [5.74, 6) is -0.272. The molecule has 1 aliphatic heterocycles. The zero-order chi connectivity index (χ0) is 20.5. The Balaban J connectivity index is 1.80. The molecular weight excluding hydrogens is 362 g/mol. The van der Waals surface area contributed by atoms with Crippen molar-refractivity contribution in [3.63, 3.8) is 0 Å². The number of anilines is 3. The maximum Gasteiger partial charge on any atom is 0.338 e. The van der Waals surface area contributed by atoms with Crippen LogP contribution in [0.1, 0.15) is 11.1 Å². The van der Waals surface area contributed by atoms with E-state index in [0.29, 0.717) is 11.4 Å². The normalized spacial score (nSPS) is 16.4. The second kappa shape index (κ2) is 7.43. The molecule has 1 aliphatic rings. The molecule has 0 bridgehead atoms. The van der Waals surface area contributed by atoms with E-state index in [1.807, 2.05) is 105 Å². The number of aryl methyl sites for hydroxylation is 2.